The van der Waals surface area contributed by atoms with Crippen LogP contribution in [0.15, 0.2) is 30.3 Å². The van der Waals surface area contributed by atoms with E-state index in [4.69, 9.17) is 4.74 Å². The third-order valence-corrected chi connectivity index (χ3v) is 5.85. The van der Waals surface area contributed by atoms with Crippen molar-refractivity contribution in [3.05, 3.63) is 35.9 Å². The summed E-state index contributed by atoms with van der Waals surface area (Å²) in [5, 5.41) is 7.07. The van der Waals surface area contributed by atoms with Gasteiger partial charge >= 0.3 is 0 Å². The molecular formula is C21H32N2O2. The van der Waals surface area contributed by atoms with E-state index in [1.807, 2.05) is 6.07 Å². The Morgan fingerprint density at radius 1 is 1.16 bits per heavy atom. The molecule has 1 heterocycles. The second-order valence-corrected chi connectivity index (χ2v) is 7.72. The van der Waals surface area contributed by atoms with Crippen molar-refractivity contribution in [3.8, 4) is 0 Å². The molecule has 1 aliphatic heterocycles. The van der Waals surface area contributed by atoms with Gasteiger partial charge in [0.2, 0.25) is 5.91 Å². The number of carbonyl (C=O) groups excluding carboxylic acids is 1. The van der Waals surface area contributed by atoms with E-state index in [0.717, 1.165) is 38.9 Å². The monoisotopic (exact) mass is 344 g/mol. The van der Waals surface area contributed by atoms with Gasteiger partial charge in [-0.1, -0.05) is 49.6 Å². The Balaban J connectivity index is 1.61. The van der Waals surface area contributed by atoms with Crippen LogP contribution in [0.1, 0.15) is 63.5 Å². The topological polar surface area (TPSA) is 50.4 Å². The van der Waals surface area contributed by atoms with Gasteiger partial charge in [-0.3, -0.25) is 4.79 Å². The van der Waals surface area contributed by atoms with E-state index >= 15 is 0 Å². The van der Waals surface area contributed by atoms with E-state index in [0.29, 0.717) is 6.54 Å². The molecule has 0 aromatic heterocycles. The normalized spacial score (nSPS) is 22.3. The van der Waals surface area contributed by atoms with Crippen LogP contribution in [0, 0.1) is 5.92 Å². The maximum atomic E-state index is 12.6. The number of carbonyl (C=O) groups is 1. The number of rotatable bonds is 6. The van der Waals surface area contributed by atoms with Crippen molar-refractivity contribution in [2.45, 2.75) is 63.5 Å². The highest BCUT2D eigenvalue weighted by atomic mass is 16.5. The number of benzene rings is 1. The first-order valence-electron chi connectivity index (χ1n) is 9.87. The first-order valence-corrected chi connectivity index (χ1v) is 9.87. The van der Waals surface area contributed by atoms with Gasteiger partial charge in [0.25, 0.3) is 0 Å². The first kappa shape index (κ1) is 18.4. The maximum absolute atomic E-state index is 12.6. The molecule has 0 radical (unpaired) electrons. The largest absolute Gasteiger partial charge is 0.381 e. The Kier molecular flexibility index (Phi) is 6.49. The van der Waals surface area contributed by atoms with E-state index < -0.39 is 0 Å². The summed E-state index contributed by atoms with van der Waals surface area (Å²) in [5.74, 6) is 0.469. The fourth-order valence-corrected chi connectivity index (χ4v) is 4.18. The van der Waals surface area contributed by atoms with Crippen molar-refractivity contribution in [2.75, 3.05) is 19.8 Å². The summed E-state index contributed by atoms with van der Waals surface area (Å²) in [6.45, 7) is 4.42. The zero-order valence-electron chi connectivity index (χ0n) is 15.4. The highest BCUT2D eigenvalue weighted by molar-refractivity contribution is 5.78. The third kappa shape index (κ3) is 5.05. The van der Waals surface area contributed by atoms with Gasteiger partial charge < -0.3 is 15.4 Å². The average Bonchev–Trinajstić information content (AvgIpc) is 2.68. The summed E-state index contributed by atoms with van der Waals surface area (Å²) in [4.78, 5) is 12.6. The molecule has 0 spiro atoms. The fraction of sp³-hybridized carbons (Fsp3) is 0.667. The molecule has 0 bridgehead atoms. The molecular weight excluding hydrogens is 312 g/mol. The summed E-state index contributed by atoms with van der Waals surface area (Å²) in [6.07, 6.45) is 7.65. The molecule has 1 saturated carbocycles. The lowest BCUT2D eigenvalue weighted by Crippen LogP contribution is -2.57. The fourth-order valence-electron chi connectivity index (χ4n) is 4.18. The zero-order valence-corrected chi connectivity index (χ0v) is 15.4. The highest BCUT2D eigenvalue weighted by Crippen LogP contribution is 2.27. The van der Waals surface area contributed by atoms with Crippen LogP contribution < -0.4 is 10.6 Å². The smallest absolute Gasteiger partial charge is 0.223 e. The van der Waals surface area contributed by atoms with Crippen molar-refractivity contribution in [1.82, 2.24) is 10.6 Å². The Labute approximate surface area is 151 Å². The molecule has 1 aromatic rings. The van der Waals surface area contributed by atoms with Crippen molar-refractivity contribution in [2.24, 2.45) is 5.92 Å². The quantitative estimate of drug-likeness (QED) is 0.829. The van der Waals surface area contributed by atoms with E-state index in [1.54, 1.807) is 0 Å². The molecule has 2 fully saturated rings. The SMILES string of the molecule is CC(NC1(CNC(=O)C2CCCCC2)CCOCC1)c1ccccc1. The van der Waals surface area contributed by atoms with Crippen LogP contribution in [0.4, 0.5) is 0 Å². The highest BCUT2D eigenvalue weighted by Gasteiger charge is 2.35. The predicted molar refractivity (Wildman–Crippen MR) is 100 cm³/mol. The summed E-state index contributed by atoms with van der Waals surface area (Å²) >= 11 is 0. The summed E-state index contributed by atoms with van der Waals surface area (Å²) in [7, 11) is 0. The second-order valence-electron chi connectivity index (χ2n) is 7.72. The Hall–Kier alpha value is -1.39. The van der Waals surface area contributed by atoms with Crippen molar-refractivity contribution >= 4 is 5.91 Å². The van der Waals surface area contributed by atoms with E-state index in [-0.39, 0.29) is 23.4 Å². The molecule has 2 aliphatic rings. The van der Waals surface area contributed by atoms with Crippen LogP contribution >= 0.6 is 0 Å². The molecule has 1 amide bonds. The van der Waals surface area contributed by atoms with Crippen LogP contribution in [-0.2, 0) is 9.53 Å². The van der Waals surface area contributed by atoms with Crippen molar-refractivity contribution in [3.63, 3.8) is 0 Å². The number of ether oxygens (including phenoxy) is 1. The van der Waals surface area contributed by atoms with Gasteiger partial charge in [-0.25, -0.2) is 0 Å². The van der Waals surface area contributed by atoms with Crippen LogP contribution in [0.3, 0.4) is 0 Å². The van der Waals surface area contributed by atoms with Crippen molar-refractivity contribution < 1.29 is 9.53 Å². The Bertz CT molecular complexity index is 534. The van der Waals surface area contributed by atoms with Crippen molar-refractivity contribution in [1.29, 1.82) is 0 Å². The molecule has 138 valence electrons. The van der Waals surface area contributed by atoms with Gasteiger partial charge in [-0.15, -0.1) is 0 Å². The standard InChI is InChI=1S/C21H32N2O2/c1-17(18-8-4-2-5-9-18)23-21(12-14-25-15-13-21)16-22-20(24)19-10-6-3-7-11-19/h2,4-5,8-9,17,19,23H,3,6-7,10-16H2,1H3,(H,22,24). The van der Waals surface area contributed by atoms with Gasteiger partial charge in [0.05, 0.1) is 0 Å². The lowest BCUT2D eigenvalue weighted by molar-refractivity contribution is -0.126. The van der Waals surface area contributed by atoms with Crippen LogP contribution in [0.5, 0.6) is 0 Å². The van der Waals surface area contributed by atoms with Crippen LogP contribution in [0.25, 0.3) is 0 Å². The molecule has 25 heavy (non-hydrogen) atoms. The van der Waals surface area contributed by atoms with E-state index in [9.17, 15) is 4.79 Å². The minimum Gasteiger partial charge on any atom is -0.381 e. The average molecular weight is 344 g/mol. The number of hydrogen-bond acceptors (Lipinski definition) is 3. The number of amides is 1. The van der Waals surface area contributed by atoms with E-state index in [2.05, 4.69) is 41.8 Å². The minimum atomic E-state index is -0.0716. The third-order valence-electron chi connectivity index (χ3n) is 5.85. The molecule has 1 unspecified atom stereocenters. The molecule has 1 atom stereocenters. The van der Waals surface area contributed by atoms with Gasteiger partial charge in [0.1, 0.15) is 0 Å². The number of hydrogen-bond donors (Lipinski definition) is 2. The zero-order chi connectivity index (χ0) is 17.5. The molecule has 4 heteroatoms. The van der Waals surface area contributed by atoms with Gasteiger partial charge in [0.15, 0.2) is 0 Å². The first-order chi connectivity index (χ1) is 12.2. The van der Waals surface area contributed by atoms with E-state index in [1.165, 1.54) is 24.8 Å². The molecule has 2 N–H and O–H groups in total. The maximum Gasteiger partial charge on any atom is 0.223 e. The lowest BCUT2D eigenvalue weighted by atomic mass is 9.86. The Morgan fingerprint density at radius 2 is 1.84 bits per heavy atom. The molecule has 3 rings (SSSR count). The molecule has 1 aliphatic carbocycles. The Morgan fingerprint density at radius 3 is 2.52 bits per heavy atom. The summed E-state index contributed by atoms with van der Waals surface area (Å²) in [5.41, 5.74) is 1.21. The summed E-state index contributed by atoms with van der Waals surface area (Å²) < 4.78 is 5.58. The number of nitrogens with one attached hydrogen (secondary N) is 2. The van der Waals surface area contributed by atoms with Crippen LogP contribution in [-0.4, -0.2) is 31.2 Å². The predicted octanol–water partition coefficient (Wildman–Crippen LogP) is 3.58. The van der Waals surface area contributed by atoms with Gasteiger partial charge in [0, 0.05) is 37.3 Å². The molecule has 1 saturated heterocycles. The second kappa shape index (κ2) is 8.81. The minimum absolute atomic E-state index is 0.0716. The molecule has 1 aromatic carbocycles. The summed E-state index contributed by atoms with van der Waals surface area (Å²) in [6, 6.07) is 10.8. The van der Waals surface area contributed by atoms with Crippen LogP contribution in [0.2, 0.25) is 0 Å². The lowest BCUT2D eigenvalue weighted by Gasteiger charge is -2.41. The van der Waals surface area contributed by atoms with Gasteiger partial charge in [-0.05, 0) is 38.2 Å². The van der Waals surface area contributed by atoms with Gasteiger partial charge in [-0.2, -0.15) is 0 Å². The molecule has 4 nitrogen and oxygen atoms in total.